The van der Waals surface area contributed by atoms with Crippen molar-refractivity contribution >= 4 is 23.4 Å². The fourth-order valence-corrected chi connectivity index (χ4v) is 6.12. The third-order valence-corrected chi connectivity index (χ3v) is 7.97. The van der Waals surface area contributed by atoms with Gasteiger partial charge in [-0.25, -0.2) is 0 Å². The van der Waals surface area contributed by atoms with Gasteiger partial charge in [0.15, 0.2) is 0 Å². The second-order valence-corrected chi connectivity index (χ2v) is 9.99. The maximum atomic E-state index is 6.44. The molecule has 0 aliphatic carbocycles. The molecule has 1 fully saturated rings. The van der Waals surface area contributed by atoms with E-state index in [-0.39, 0.29) is 0 Å². The van der Waals surface area contributed by atoms with E-state index in [1.807, 2.05) is 48.2 Å². The Labute approximate surface area is 194 Å². The molecule has 5 heteroatoms. The van der Waals surface area contributed by atoms with Crippen LogP contribution < -0.4 is 14.5 Å². The SMILES string of the molecule is Clc1ccc2c(c1)[C@H]([NH+]1CC[NH+](CCOc3ccccc3)CC1)Cc1ccccc1S2. The van der Waals surface area contributed by atoms with Crippen LogP contribution in [-0.4, -0.2) is 39.3 Å². The molecule has 3 nitrogen and oxygen atoms in total. The molecule has 0 aromatic heterocycles. The van der Waals surface area contributed by atoms with Crippen molar-refractivity contribution in [2.24, 2.45) is 0 Å². The third kappa shape index (κ3) is 4.93. The van der Waals surface area contributed by atoms with Gasteiger partial charge in [0.05, 0.1) is 0 Å². The quantitative estimate of drug-likeness (QED) is 0.620. The van der Waals surface area contributed by atoms with Crippen LogP contribution in [-0.2, 0) is 6.42 Å². The number of halogens is 1. The number of hydrogen-bond donors (Lipinski definition) is 2. The Hall–Kier alpha value is -1.98. The highest BCUT2D eigenvalue weighted by molar-refractivity contribution is 7.99. The maximum absolute atomic E-state index is 6.44. The normalized spacial score (nSPS) is 22.8. The van der Waals surface area contributed by atoms with Crippen molar-refractivity contribution in [3.05, 3.63) is 88.9 Å². The number of benzene rings is 3. The predicted octanol–water partition coefficient (Wildman–Crippen LogP) is 2.95. The third-order valence-electron chi connectivity index (χ3n) is 6.52. The molecule has 2 aliphatic heterocycles. The molecule has 0 amide bonds. The number of ether oxygens (including phenoxy) is 1. The average Bonchev–Trinajstić information content (AvgIpc) is 2.97. The minimum absolute atomic E-state index is 0.465. The number of hydrogen-bond acceptors (Lipinski definition) is 2. The Bertz CT molecular complexity index is 1020. The zero-order valence-corrected chi connectivity index (χ0v) is 19.2. The zero-order valence-electron chi connectivity index (χ0n) is 17.6. The van der Waals surface area contributed by atoms with Crippen LogP contribution in [0.1, 0.15) is 17.2 Å². The van der Waals surface area contributed by atoms with Crippen molar-refractivity contribution in [2.45, 2.75) is 22.3 Å². The summed E-state index contributed by atoms with van der Waals surface area (Å²) >= 11 is 8.34. The first-order valence-electron chi connectivity index (χ1n) is 11.2. The monoisotopic (exact) mass is 452 g/mol. The lowest BCUT2D eigenvalue weighted by molar-refractivity contribution is -1.03. The summed E-state index contributed by atoms with van der Waals surface area (Å²) in [4.78, 5) is 6.08. The molecule has 2 heterocycles. The molecule has 0 saturated carbocycles. The van der Waals surface area contributed by atoms with Crippen LogP contribution in [0.25, 0.3) is 0 Å². The number of nitrogens with one attached hydrogen (secondary N) is 2. The van der Waals surface area contributed by atoms with Gasteiger partial charge in [-0.3, -0.25) is 0 Å². The van der Waals surface area contributed by atoms with Crippen LogP contribution >= 0.6 is 23.4 Å². The molecule has 31 heavy (non-hydrogen) atoms. The van der Waals surface area contributed by atoms with Crippen molar-refractivity contribution < 1.29 is 14.5 Å². The van der Waals surface area contributed by atoms with Crippen LogP contribution in [0.5, 0.6) is 5.75 Å². The maximum Gasteiger partial charge on any atom is 0.137 e. The van der Waals surface area contributed by atoms with Gasteiger partial charge in [0, 0.05) is 26.8 Å². The lowest BCUT2D eigenvalue weighted by Crippen LogP contribution is -3.28. The van der Waals surface area contributed by atoms with Gasteiger partial charge in [0.25, 0.3) is 0 Å². The van der Waals surface area contributed by atoms with Crippen LogP contribution in [0.15, 0.2) is 82.6 Å². The summed E-state index contributed by atoms with van der Waals surface area (Å²) < 4.78 is 5.92. The van der Waals surface area contributed by atoms with E-state index in [0.29, 0.717) is 6.04 Å². The van der Waals surface area contributed by atoms with Gasteiger partial charge in [0.2, 0.25) is 0 Å². The van der Waals surface area contributed by atoms with Gasteiger partial charge in [-0.15, -0.1) is 0 Å². The molecular formula is C26H29ClN2OS+2. The first-order valence-corrected chi connectivity index (χ1v) is 12.4. The van der Waals surface area contributed by atoms with Gasteiger partial charge in [0.1, 0.15) is 51.1 Å². The Kier molecular flexibility index (Phi) is 6.51. The van der Waals surface area contributed by atoms with Crippen LogP contribution in [0.2, 0.25) is 5.02 Å². The fourth-order valence-electron chi connectivity index (χ4n) is 4.82. The highest BCUT2D eigenvalue weighted by Crippen LogP contribution is 2.40. The van der Waals surface area contributed by atoms with E-state index in [1.165, 1.54) is 47.1 Å². The number of piperazine rings is 1. The van der Waals surface area contributed by atoms with Crippen molar-refractivity contribution in [3.8, 4) is 5.75 Å². The van der Waals surface area contributed by atoms with E-state index in [2.05, 4.69) is 36.4 Å². The van der Waals surface area contributed by atoms with Gasteiger partial charge in [-0.2, -0.15) is 0 Å². The van der Waals surface area contributed by atoms with E-state index < -0.39 is 0 Å². The second-order valence-electron chi connectivity index (χ2n) is 8.47. The summed E-state index contributed by atoms with van der Waals surface area (Å²) in [5.41, 5.74) is 2.88. The van der Waals surface area contributed by atoms with Crippen molar-refractivity contribution in [2.75, 3.05) is 39.3 Å². The molecule has 160 valence electrons. The van der Waals surface area contributed by atoms with E-state index in [1.54, 1.807) is 9.80 Å². The molecule has 0 radical (unpaired) electrons. The first kappa shape index (κ1) is 20.9. The lowest BCUT2D eigenvalue weighted by atomic mass is 9.96. The summed E-state index contributed by atoms with van der Waals surface area (Å²) in [6.07, 6.45) is 1.08. The molecule has 0 bridgehead atoms. The van der Waals surface area contributed by atoms with Crippen LogP contribution in [0.4, 0.5) is 0 Å². The van der Waals surface area contributed by atoms with Crippen LogP contribution in [0, 0.1) is 0 Å². The summed E-state index contributed by atoms with van der Waals surface area (Å²) in [7, 11) is 0. The Balaban J connectivity index is 1.25. The summed E-state index contributed by atoms with van der Waals surface area (Å²) in [6.45, 7) is 6.59. The van der Waals surface area contributed by atoms with Gasteiger partial charge < -0.3 is 14.5 Å². The molecule has 0 spiro atoms. The minimum atomic E-state index is 0.465. The number of fused-ring (bicyclic) bond motifs is 2. The van der Waals surface area contributed by atoms with E-state index in [0.717, 1.165) is 30.3 Å². The fraction of sp³-hybridized carbons (Fsp3) is 0.308. The van der Waals surface area contributed by atoms with Crippen molar-refractivity contribution in [1.82, 2.24) is 0 Å². The predicted molar refractivity (Wildman–Crippen MR) is 127 cm³/mol. The summed E-state index contributed by atoms with van der Waals surface area (Å²) in [5, 5.41) is 0.844. The zero-order chi connectivity index (χ0) is 21.0. The summed E-state index contributed by atoms with van der Waals surface area (Å²) in [6, 6.07) is 25.9. The van der Waals surface area contributed by atoms with E-state index >= 15 is 0 Å². The molecule has 1 atom stereocenters. The number of quaternary nitrogens is 2. The highest BCUT2D eigenvalue weighted by Gasteiger charge is 2.34. The average molecular weight is 453 g/mol. The molecule has 2 aliphatic rings. The smallest absolute Gasteiger partial charge is 0.137 e. The van der Waals surface area contributed by atoms with Gasteiger partial charge in [-0.1, -0.05) is 59.8 Å². The van der Waals surface area contributed by atoms with E-state index in [9.17, 15) is 0 Å². The van der Waals surface area contributed by atoms with E-state index in [4.69, 9.17) is 16.3 Å². The Morgan fingerprint density at radius 3 is 2.48 bits per heavy atom. The Morgan fingerprint density at radius 2 is 1.65 bits per heavy atom. The standard InChI is InChI=1S/C26H27ClN2OS/c27-21-10-11-26-23(19-21)24(18-20-6-4-5-9-25(20)31-26)29-14-12-28(13-15-29)16-17-30-22-7-2-1-3-8-22/h1-11,19,24H,12-18H2/p+2/t24-/m1/s1. The van der Waals surface area contributed by atoms with Crippen molar-refractivity contribution in [1.29, 1.82) is 0 Å². The molecule has 5 rings (SSSR count). The lowest BCUT2D eigenvalue weighted by Gasteiger charge is -2.35. The van der Waals surface area contributed by atoms with Crippen molar-refractivity contribution in [3.63, 3.8) is 0 Å². The highest BCUT2D eigenvalue weighted by atomic mass is 35.5. The molecule has 0 unspecified atom stereocenters. The molecule has 1 saturated heterocycles. The number of para-hydroxylation sites is 1. The summed E-state index contributed by atoms with van der Waals surface area (Å²) in [5.74, 6) is 0.967. The molecule has 2 N–H and O–H groups in total. The largest absolute Gasteiger partial charge is 0.488 e. The molecule has 3 aromatic carbocycles. The topological polar surface area (TPSA) is 18.1 Å². The van der Waals surface area contributed by atoms with Gasteiger partial charge in [-0.05, 0) is 42.0 Å². The second kappa shape index (κ2) is 9.66. The van der Waals surface area contributed by atoms with Crippen LogP contribution in [0.3, 0.4) is 0 Å². The van der Waals surface area contributed by atoms with Gasteiger partial charge >= 0.3 is 0 Å². The molecule has 3 aromatic rings. The molecular weight excluding hydrogens is 424 g/mol. The minimum Gasteiger partial charge on any atom is -0.488 e. The Morgan fingerprint density at radius 1 is 0.871 bits per heavy atom. The number of rotatable bonds is 5. The first-order chi connectivity index (χ1) is 15.3.